The van der Waals surface area contributed by atoms with Crippen LogP contribution in [-0.4, -0.2) is 14.6 Å². The summed E-state index contributed by atoms with van der Waals surface area (Å²) < 4.78 is 1.76. The Morgan fingerprint density at radius 3 is 3.20 bits per heavy atom. The van der Waals surface area contributed by atoms with Gasteiger partial charge in [0.1, 0.15) is 0 Å². The summed E-state index contributed by atoms with van der Waals surface area (Å²) >= 11 is 0. The molecule has 0 spiro atoms. The Morgan fingerprint density at radius 1 is 1.50 bits per heavy atom. The largest absolute Gasteiger partial charge is 0.237 e. The highest BCUT2D eigenvalue weighted by molar-refractivity contribution is 5.37. The van der Waals surface area contributed by atoms with Gasteiger partial charge in [0.2, 0.25) is 0 Å². The van der Waals surface area contributed by atoms with E-state index in [1.54, 1.807) is 10.7 Å². The van der Waals surface area contributed by atoms with Crippen LogP contribution in [0.2, 0.25) is 0 Å². The van der Waals surface area contributed by atoms with Crippen LogP contribution in [0.5, 0.6) is 0 Å². The fourth-order valence-electron chi connectivity index (χ4n) is 0.949. The second-order valence-electron chi connectivity index (χ2n) is 2.21. The molecule has 0 aliphatic heterocycles. The molecule has 2 aromatic rings. The first-order valence-electron chi connectivity index (χ1n) is 3.13. The van der Waals surface area contributed by atoms with Gasteiger partial charge in [-0.15, -0.1) is 0 Å². The molecule has 0 aliphatic rings. The van der Waals surface area contributed by atoms with Gasteiger partial charge in [0.25, 0.3) is 0 Å². The third kappa shape index (κ3) is 0.673. The molecule has 0 bridgehead atoms. The maximum Gasteiger partial charge on any atom is 0.155 e. The molecule has 2 aromatic heterocycles. The summed E-state index contributed by atoms with van der Waals surface area (Å²) in [4.78, 5) is 4.10. The lowest BCUT2D eigenvalue weighted by molar-refractivity contribution is 0.917. The van der Waals surface area contributed by atoms with Gasteiger partial charge in [-0.1, -0.05) is 0 Å². The first-order valence-corrected chi connectivity index (χ1v) is 3.13. The fourth-order valence-corrected chi connectivity index (χ4v) is 0.949. The Hall–Kier alpha value is -1.38. The van der Waals surface area contributed by atoms with Crippen LogP contribution in [0.1, 0.15) is 5.69 Å². The molecule has 0 amide bonds. The molecule has 0 aromatic carbocycles. The van der Waals surface area contributed by atoms with E-state index in [0.717, 1.165) is 11.3 Å². The normalized spacial score (nSPS) is 10.5. The average molecular weight is 133 g/mol. The van der Waals surface area contributed by atoms with E-state index in [1.165, 1.54) is 0 Å². The number of rotatable bonds is 0. The molecular formula is C7H7N3. The lowest BCUT2D eigenvalue weighted by atomic mass is 10.5. The summed E-state index contributed by atoms with van der Waals surface area (Å²) in [6.45, 7) is 1.95. The van der Waals surface area contributed by atoms with Crippen LogP contribution in [0.4, 0.5) is 0 Å². The summed E-state index contributed by atoms with van der Waals surface area (Å²) in [5, 5.41) is 4.17. The van der Waals surface area contributed by atoms with Crippen molar-refractivity contribution in [3.63, 3.8) is 0 Å². The molecule has 3 heteroatoms. The van der Waals surface area contributed by atoms with E-state index in [1.807, 2.05) is 25.3 Å². The minimum atomic E-state index is 0.903. The van der Waals surface area contributed by atoms with E-state index in [9.17, 15) is 0 Å². The zero-order chi connectivity index (χ0) is 6.97. The summed E-state index contributed by atoms with van der Waals surface area (Å²) in [5.41, 5.74) is 1.90. The van der Waals surface area contributed by atoms with Crippen LogP contribution in [0.3, 0.4) is 0 Å². The van der Waals surface area contributed by atoms with E-state index >= 15 is 0 Å². The Balaban J connectivity index is 2.88. The topological polar surface area (TPSA) is 30.2 Å². The van der Waals surface area contributed by atoms with Crippen molar-refractivity contribution in [2.45, 2.75) is 6.92 Å². The van der Waals surface area contributed by atoms with Crippen molar-refractivity contribution in [1.82, 2.24) is 14.6 Å². The molecule has 10 heavy (non-hydrogen) atoms. The SMILES string of the molecule is Cc1cc2ncccn2n1. The molecule has 0 radical (unpaired) electrons. The van der Waals surface area contributed by atoms with Gasteiger partial charge >= 0.3 is 0 Å². The van der Waals surface area contributed by atoms with E-state index in [4.69, 9.17) is 0 Å². The van der Waals surface area contributed by atoms with Crippen molar-refractivity contribution in [3.8, 4) is 0 Å². The van der Waals surface area contributed by atoms with Crippen LogP contribution in [0, 0.1) is 6.92 Å². The number of aromatic nitrogens is 3. The summed E-state index contributed by atoms with van der Waals surface area (Å²) in [6, 6.07) is 3.80. The van der Waals surface area contributed by atoms with Crippen molar-refractivity contribution in [1.29, 1.82) is 0 Å². The summed E-state index contributed by atoms with van der Waals surface area (Å²) in [7, 11) is 0. The lowest BCUT2D eigenvalue weighted by Crippen LogP contribution is -1.86. The van der Waals surface area contributed by atoms with Crippen LogP contribution in [0.15, 0.2) is 24.5 Å². The van der Waals surface area contributed by atoms with Crippen LogP contribution in [-0.2, 0) is 0 Å². The van der Waals surface area contributed by atoms with Crippen molar-refractivity contribution < 1.29 is 0 Å². The smallest absolute Gasteiger partial charge is 0.155 e. The Labute approximate surface area is 58.3 Å². The molecule has 0 fully saturated rings. The second kappa shape index (κ2) is 1.80. The monoisotopic (exact) mass is 133 g/mol. The first-order chi connectivity index (χ1) is 4.86. The number of hydrogen-bond donors (Lipinski definition) is 0. The van der Waals surface area contributed by atoms with Gasteiger partial charge in [-0.25, -0.2) is 9.50 Å². The van der Waals surface area contributed by atoms with Gasteiger partial charge in [0.05, 0.1) is 5.69 Å². The molecule has 2 heterocycles. The van der Waals surface area contributed by atoms with Gasteiger partial charge < -0.3 is 0 Å². The number of nitrogens with zero attached hydrogens (tertiary/aromatic N) is 3. The molecule has 0 atom stereocenters. The van der Waals surface area contributed by atoms with E-state index in [2.05, 4.69) is 10.1 Å². The van der Waals surface area contributed by atoms with Crippen molar-refractivity contribution in [3.05, 3.63) is 30.2 Å². The molecule has 0 saturated carbocycles. The highest BCUT2D eigenvalue weighted by atomic mass is 15.2. The minimum absolute atomic E-state index is 0.903. The van der Waals surface area contributed by atoms with Gasteiger partial charge in [-0.2, -0.15) is 5.10 Å². The highest BCUT2D eigenvalue weighted by Gasteiger charge is 1.93. The predicted molar refractivity (Wildman–Crippen MR) is 37.7 cm³/mol. The fraction of sp³-hybridized carbons (Fsp3) is 0.143. The molecule has 0 N–H and O–H groups in total. The maximum atomic E-state index is 4.17. The van der Waals surface area contributed by atoms with Gasteiger partial charge in [0, 0.05) is 18.5 Å². The van der Waals surface area contributed by atoms with Gasteiger partial charge in [-0.3, -0.25) is 0 Å². The molecule has 50 valence electrons. The Bertz CT molecular complexity index is 317. The average Bonchev–Trinajstić information content (AvgIpc) is 2.27. The van der Waals surface area contributed by atoms with E-state index in [0.29, 0.717) is 0 Å². The first kappa shape index (κ1) is 5.41. The molecule has 0 aliphatic carbocycles. The minimum Gasteiger partial charge on any atom is -0.237 e. The number of fused-ring (bicyclic) bond motifs is 1. The maximum absolute atomic E-state index is 4.17. The standard InChI is InChI=1S/C7H7N3/c1-6-5-7-8-3-2-4-10(7)9-6/h2-5H,1H3. The Kier molecular flexibility index (Phi) is 0.974. The second-order valence-corrected chi connectivity index (χ2v) is 2.21. The summed E-state index contributed by atoms with van der Waals surface area (Å²) in [5.74, 6) is 0. The summed E-state index contributed by atoms with van der Waals surface area (Å²) in [6.07, 6.45) is 3.64. The third-order valence-corrected chi connectivity index (χ3v) is 1.36. The third-order valence-electron chi connectivity index (χ3n) is 1.36. The number of hydrogen-bond acceptors (Lipinski definition) is 2. The lowest BCUT2D eigenvalue weighted by Gasteiger charge is -1.86. The van der Waals surface area contributed by atoms with Crippen LogP contribution >= 0.6 is 0 Å². The van der Waals surface area contributed by atoms with Crippen molar-refractivity contribution in [2.75, 3.05) is 0 Å². The predicted octanol–water partition coefficient (Wildman–Crippen LogP) is 1.04. The zero-order valence-corrected chi connectivity index (χ0v) is 5.65. The van der Waals surface area contributed by atoms with E-state index < -0.39 is 0 Å². The molecular weight excluding hydrogens is 126 g/mol. The molecule has 0 unspecified atom stereocenters. The molecule has 2 rings (SSSR count). The van der Waals surface area contributed by atoms with Crippen molar-refractivity contribution in [2.24, 2.45) is 0 Å². The number of aryl methyl sites for hydroxylation is 1. The van der Waals surface area contributed by atoms with Gasteiger partial charge in [0.15, 0.2) is 5.65 Å². The van der Waals surface area contributed by atoms with Crippen LogP contribution < -0.4 is 0 Å². The quantitative estimate of drug-likeness (QED) is 0.537. The van der Waals surface area contributed by atoms with E-state index in [-0.39, 0.29) is 0 Å². The van der Waals surface area contributed by atoms with Gasteiger partial charge in [-0.05, 0) is 13.0 Å². The molecule has 3 nitrogen and oxygen atoms in total. The van der Waals surface area contributed by atoms with Crippen molar-refractivity contribution >= 4 is 5.65 Å². The Morgan fingerprint density at radius 2 is 2.40 bits per heavy atom. The zero-order valence-electron chi connectivity index (χ0n) is 5.65. The molecule has 0 saturated heterocycles. The van der Waals surface area contributed by atoms with Crippen LogP contribution in [0.25, 0.3) is 5.65 Å². The highest BCUT2D eigenvalue weighted by Crippen LogP contribution is 1.99.